The van der Waals surface area contributed by atoms with E-state index in [1.165, 1.54) is 17.4 Å². The van der Waals surface area contributed by atoms with Gasteiger partial charge in [-0.3, -0.25) is 9.69 Å². The summed E-state index contributed by atoms with van der Waals surface area (Å²) in [6.07, 6.45) is -4.38. The second kappa shape index (κ2) is 9.69. The Morgan fingerprint density at radius 2 is 1.87 bits per heavy atom. The van der Waals surface area contributed by atoms with Gasteiger partial charge in [0, 0.05) is 36.7 Å². The molecule has 0 saturated carbocycles. The lowest BCUT2D eigenvalue weighted by Gasteiger charge is -2.35. The van der Waals surface area contributed by atoms with Gasteiger partial charge >= 0.3 is 12.1 Å². The first-order chi connectivity index (χ1) is 14.7. The van der Waals surface area contributed by atoms with Crippen LogP contribution in [0, 0.1) is 6.92 Å². The van der Waals surface area contributed by atoms with Crippen molar-refractivity contribution in [1.82, 2.24) is 4.90 Å². The molecule has 2 aromatic rings. The predicted molar refractivity (Wildman–Crippen MR) is 114 cm³/mol. The number of halogens is 3. The Morgan fingerprint density at radius 1 is 1.16 bits per heavy atom. The van der Waals surface area contributed by atoms with Crippen LogP contribution in [-0.4, -0.2) is 56.1 Å². The normalized spacial score (nSPS) is 15.1. The predicted octanol–water partition coefficient (Wildman–Crippen LogP) is 4.01. The Morgan fingerprint density at radius 3 is 2.52 bits per heavy atom. The molecular weight excluding hydrogens is 431 g/mol. The lowest BCUT2D eigenvalue weighted by atomic mass is 10.1. The van der Waals surface area contributed by atoms with E-state index in [-0.39, 0.29) is 19.1 Å². The standard InChI is InChI=1S/C21H24F3N3O3S/c1-3-30-20(29)17-11-14(2)31-19(17)25-18(28)13-26-7-9-27(10-8-26)16-6-4-5-15(12-16)21(22,23)24/h4-6,11-12H,3,7-10,13H2,1-2H3,(H,25,28). The van der Waals surface area contributed by atoms with E-state index in [4.69, 9.17) is 4.74 Å². The van der Waals surface area contributed by atoms with Gasteiger partial charge in [-0.2, -0.15) is 13.2 Å². The Labute approximate surface area is 182 Å². The molecule has 1 N–H and O–H groups in total. The third-order valence-corrected chi connectivity index (χ3v) is 5.85. The fraction of sp³-hybridized carbons (Fsp3) is 0.429. The molecule has 0 radical (unpaired) electrons. The van der Waals surface area contributed by atoms with Crippen LogP contribution in [0.3, 0.4) is 0 Å². The molecular formula is C21H24F3N3O3S. The molecule has 2 heterocycles. The summed E-state index contributed by atoms with van der Waals surface area (Å²) in [6, 6.07) is 6.96. The summed E-state index contributed by atoms with van der Waals surface area (Å²) in [5.41, 5.74) is 0.189. The van der Waals surface area contributed by atoms with Gasteiger partial charge < -0.3 is 15.0 Å². The van der Waals surface area contributed by atoms with E-state index in [1.807, 2.05) is 16.7 Å². The van der Waals surface area contributed by atoms with Crippen molar-refractivity contribution in [1.29, 1.82) is 0 Å². The molecule has 1 aliphatic rings. The number of amides is 1. The summed E-state index contributed by atoms with van der Waals surface area (Å²) in [4.78, 5) is 29.2. The zero-order valence-corrected chi connectivity index (χ0v) is 18.1. The van der Waals surface area contributed by atoms with Crippen molar-refractivity contribution in [3.05, 3.63) is 46.3 Å². The summed E-state index contributed by atoms with van der Waals surface area (Å²) in [5.74, 6) is -0.725. The van der Waals surface area contributed by atoms with Crippen LogP contribution in [0.1, 0.15) is 27.7 Å². The van der Waals surface area contributed by atoms with E-state index in [1.54, 1.807) is 19.1 Å². The molecule has 1 aliphatic heterocycles. The average molecular weight is 456 g/mol. The highest BCUT2D eigenvalue weighted by Gasteiger charge is 2.31. The van der Waals surface area contributed by atoms with Gasteiger partial charge in [0.15, 0.2) is 0 Å². The molecule has 0 spiro atoms. The SMILES string of the molecule is CCOC(=O)c1cc(C)sc1NC(=O)CN1CCN(c2cccc(C(F)(F)F)c2)CC1. The first kappa shape index (κ1) is 23.1. The quantitative estimate of drug-likeness (QED) is 0.667. The van der Waals surface area contributed by atoms with Crippen molar-refractivity contribution in [2.24, 2.45) is 0 Å². The molecule has 0 atom stereocenters. The summed E-state index contributed by atoms with van der Waals surface area (Å²) in [5, 5.41) is 3.25. The number of piperazine rings is 1. The minimum absolute atomic E-state index is 0.135. The molecule has 1 saturated heterocycles. The molecule has 0 bridgehead atoms. The van der Waals surface area contributed by atoms with E-state index in [9.17, 15) is 22.8 Å². The number of ether oxygens (including phenoxy) is 1. The second-order valence-corrected chi connectivity index (χ2v) is 8.44. The van der Waals surface area contributed by atoms with Crippen LogP contribution in [0.4, 0.5) is 23.9 Å². The monoisotopic (exact) mass is 455 g/mol. The number of hydrogen-bond donors (Lipinski definition) is 1. The molecule has 1 aromatic heterocycles. The van der Waals surface area contributed by atoms with E-state index >= 15 is 0 Å². The zero-order chi connectivity index (χ0) is 22.6. The van der Waals surface area contributed by atoms with Gasteiger partial charge in [-0.1, -0.05) is 6.07 Å². The third-order valence-electron chi connectivity index (χ3n) is 4.88. The summed E-state index contributed by atoms with van der Waals surface area (Å²) < 4.78 is 43.9. The zero-order valence-electron chi connectivity index (χ0n) is 17.3. The molecule has 3 rings (SSSR count). The van der Waals surface area contributed by atoms with E-state index in [2.05, 4.69) is 5.32 Å². The van der Waals surface area contributed by atoms with Crippen LogP contribution >= 0.6 is 11.3 Å². The number of anilines is 2. The van der Waals surface area contributed by atoms with Crippen molar-refractivity contribution in [3.8, 4) is 0 Å². The van der Waals surface area contributed by atoms with Crippen molar-refractivity contribution < 1.29 is 27.5 Å². The largest absolute Gasteiger partial charge is 0.462 e. The van der Waals surface area contributed by atoms with Crippen LogP contribution in [-0.2, 0) is 15.7 Å². The molecule has 0 unspecified atom stereocenters. The number of rotatable bonds is 6. The van der Waals surface area contributed by atoms with Gasteiger partial charge in [0.2, 0.25) is 5.91 Å². The van der Waals surface area contributed by atoms with Gasteiger partial charge in [0.25, 0.3) is 0 Å². The minimum Gasteiger partial charge on any atom is -0.462 e. The first-order valence-corrected chi connectivity index (χ1v) is 10.7. The highest BCUT2D eigenvalue weighted by Crippen LogP contribution is 2.32. The van der Waals surface area contributed by atoms with E-state index in [0.717, 1.165) is 17.0 Å². The molecule has 1 amide bonds. The fourth-order valence-electron chi connectivity index (χ4n) is 3.38. The number of nitrogens with one attached hydrogen (secondary N) is 1. The number of esters is 1. The van der Waals surface area contributed by atoms with E-state index < -0.39 is 17.7 Å². The lowest BCUT2D eigenvalue weighted by molar-refractivity contribution is -0.137. The van der Waals surface area contributed by atoms with Crippen LogP contribution < -0.4 is 10.2 Å². The Hall–Kier alpha value is -2.59. The number of alkyl halides is 3. The van der Waals surface area contributed by atoms with E-state index in [0.29, 0.717) is 42.4 Å². The molecule has 1 aromatic carbocycles. The number of carbonyl (C=O) groups is 2. The highest BCUT2D eigenvalue weighted by molar-refractivity contribution is 7.16. The van der Waals surface area contributed by atoms with Crippen molar-refractivity contribution in [3.63, 3.8) is 0 Å². The van der Waals surface area contributed by atoms with Gasteiger partial charge in [0.1, 0.15) is 5.00 Å². The van der Waals surface area contributed by atoms with Gasteiger partial charge in [-0.05, 0) is 38.1 Å². The number of thiophene rings is 1. The maximum atomic E-state index is 12.9. The van der Waals surface area contributed by atoms with Crippen LogP contribution in [0.5, 0.6) is 0 Å². The third kappa shape index (κ3) is 5.98. The average Bonchev–Trinajstić information content (AvgIpc) is 3.08. The molecule has 0 aliphatic carbocycles. The number of benzene rings is 1. The number of nitrogens with zero attached hydrogens (tertiary/aromatic N) is 2. The van der Waals surface area contributed by atoms with Gasteiger partial charge in [0.05, 0.1) is 24.3 Å². The van der Waals surface area contributed by atoms with Crippen molar-refractivity contribution in [2.45, 2.75) is 20.0 Å². The van der Waals surface area contributed by atoms with Gasteiger partial charge in [-0.15, -0.1) is 11.3 Å². The first-order valence-electron chi connectivity index (χ1n) is 9.89. The summed E-state index contributed by atoms with van der Waals surface area (Å²) in [7, 11) is 0. The summed E-state index contributed by atoms with van der Waals surface area (Å²) in [6.45, 7) is 6.05. The molecule has 31 heavy (non-hydrogen) atoms. The Bertz CT molecular complexity index is 937. The van der Waals surface area contributed by atoms with Crippen molar-refractivity contribution in [2.75, 3.05) is 49.5 Å². The number of aryl methyl sites for hydroxylation is 1. The minimum atomic E-state index is -4.38. The van der Waals surface area contributed by atoms with Crippen LogP contribution in [0.25, 0.3) is 0 Å². The van der Waals surface area contributed by atoms with Crippen LogP contribution in [0.2, 0.25) is 0 Å². The molecule has 168 valence electrons. The summed E-state index contributed by atoms with van der Waals surface area (Å²) >= 11 is 1.31. The maximum Gasteiger partial charge on any atom is 0.416 e. The smallest absolute Gasteiger partial charge is 0.416 e. The second-order valence-electron chi connectivity index (χ2n) is 7.18. The lowest BCUT2D eigenvalue weighted by Crippen LogP contribution is -2.48. The topological polar surface area (TPSA) is 61.9 Å². The fourth-order valence-corrected chi connectivity index (χ4v) is 4.30. The maximum absolute atomic E-state index is 12.9. The molecule has 6 nitrogen and oxygen atoms in total. The Balaban J connectivity index is 1.55. The number of carbonyl (C=O) groups excluding carboxylic acids is 2. The van der Waals surface area contributed by atoms with Crippen LogP contribution in [0.15, 0.2) is 30.3 Å². The highest BCUT2D eigenvalue weighted by atomic mass is 32.1. The van der Waals surface area contributed by atoms with Gasteiger partial charge in [-0.25, -0.2) is 4.79 Å². The molecule has 10 heteroatoms. The van der Waals surface area contributed by atoms with Crippen molar-refractivity contribution >= 4 is 33.9 Å². The molecule has 1 fully saturated rings. The Kier molecular flexibility index (Phi) is 7.22. The number of hydrogen-bond acceptors (Lipinski definition) is 6.